The van der Waals surface area contributed by atoms with Crippen molar-refractivity contribution in [2.45, 2.75) is 20.0 Å². The van der Waals surface area contributed by atoms with E-state index in [0.29, 0.717) is 29.7 Å². The molecule has 0 saturated carbocycles. The number of nitrogens with one attached hydrogen (secondary N) is 1. The minimum absolute atomic E-state index is 0.0104. The summed E-state index contributed by atoms with van der Waals surface area (Å²) >= 11 is 6.13. The number of fused-ring (bicyclic) bond motifs is 1. The van der Waals surface area contributed by atoms with Gasteiger partial charge in [-0.1, -0.05) is 11.6 Å². The van der Waals surface area contributed by atoms with E-state index in [-0.39, 0.29) is 22.7 Å². The van der Waals surface area contributed by atoms with Gasteiger partial charge in [0.05, 0.1) is 12.7 Å². The van der Waals surface area contributed by atoms with Crippen LogP contribution in [-0.2, 0) is 4.74 Å². The molecular weight excluding hydrogens is 320 g/mol. The summed E-state index contributed by atoms with van der Waals surface area (Å²) in [5.41, 5.74) is -0.125. The average Bonchev–Trinajstić information content (AvgIpc) is 2.50. The average molecular weight is 339 g/mol. The number of carbonyl (C=O) groups is 1. The third kappa shape index (κ3) is 4.03. The number of aromatic hydroxyl groups is 1. The Balaban J connectivity index is 2.42. The molecule has 0 unspecified atom stereocenters. The van der Waals surface area contributed by atoms with Crippen LogP contribution in [0.3, 0.4) is 0 Å². The van der Waals surface area contributed by atoms with Crippen LogP contribution >= 0.6 is 11.6 Å². The molecule has 1 amide bonds. The third-order valence-corrected chi connectivity index (χ3v) is 3.37. The molecule has 6 nitrogen and oxygen atoms in total. The molecule has 0 fully saturated rings. The van der Waals surface area contributed by atoms with E-state index in [1.807, 2.05) is 13.8 Å². The molecule has 0 spiro atoms. The second-order valence-electron chi connectivity index (χ2n) is 5.22. The minimum Gasteiger partial charge on any atom is -0.505 e. The summed E-state index contributed by atoms with van der Waals surface area (Å²) in [6.45, 7) is 4.47. The maximum absolute atomic E-state index is 12.1. The fourth-order valence-corrected chi connectivity index (χ4v) is 2.34. The number of methoxy groups -OCH3 is 1. The Hall–Kier alpha value is -2.05. The molecule has 7 heteroatoms. The molecule has 23 heavy (non-hydrogen) atoms. The molecule has 1 aromatic heterocycles. The van der Waals surface area contributed by atoms with Crippen molar-refractivity contribution in [1.82, 2.24) is 10.3 Å². The van der Waals surface area contributed by atoms with E-state index in [1.165, 1.54) is 7.11 Å². The highest BCUT2D eigenvalue weighted by molar-refractivity contribution is 6.35. The molecule has 2 N–H and O–H groups in total. The van der Waals surface area contributed by atoms with Crippen molar-refractivity contribution in [2.75, 3.05) is 20.3 Å². The molecule has 0 aliphatic carbocycles. The van der Waals surface area contributed by atoms with Crippen molar-refractivity contribution in [1.29, 1.82) is 0 Å². The number of nitrogens with zero attached hydrogens (tertiary/aromatic N) is 1. The highest BCUT2D eigenvalue weighted by atomic mass is 35.5. The van der Waals surface area contributed by atoms with Crippen molar-refractivity contribution < 1.29 is 19.4 Å². The number of carbonyl (C=O) groups excluding carboxylic acids is 1. The molecule has 2 aromatic rings. The van der Waals surface area contributed by atoms with Crippen LogP contribution in [0.5, 0.6) is 11.5 Å². The van der Waals surface area contributed by atoms with Gasteiger partial charge in [0.25, 0.3) is 5.91 Å². The van der Waals surface area contributed by atoms with Crippen molar-refractivity contribution in [3.63, 3.8) is 0 Å². The number of halogens is 1. The Morgan fingerprint density at radius 3 is 2.78 bits per heavy atom. The lowest BCUT2D eigenvalue weighted by Crippen LogP contribution is -2.27. The number of amides is 1. The standard InChI is InChI=1S/C16H19ClN2O4/c1-9(2)23-10-4-5-11-12(8-10)14(20)13(19-15(11)17)16(21)18-6-7-22-3/h4-5,8-9,20H,6-7H2,1-3H3,(H,18,21). The zero-order chi connectivity index (χ0) is 17.0. The largest absolute Gasteiger partial charge is 0.505 e. The summed E-state index contributed by atoms with van der Waals surface area (Å²) in [5.74, 6) is -0.164. The molecule has 0 aliphatic rings. The molecular formula is C16H19ClN2O4. The first-order chi connectivity index (χ1) is 10.9. The topological polar surface area (TPSA) is 80.7 Å². The Morgan fingerprint density at radius 1 is 1.39 bits per heavy atom. The molecule has 0 atom stereocenters. The van der Waals surface area contributed by atoms with Crippen LogP contribution in [0.15, 0.2) is 18.2 Å². The minimum atomic E-state index is -0.515. The zero-order valence-corrected chi connectivity index (χ0v) is 14.0. The van der Waals surface area contributed by atoms with E-state index in [9.17, 15) is 9.90 Å². The quantitative estimate of drug-likeness (QED) is 0.625. The van der Waals surface area contributed by atoms with Gasteiger partial charge in [0.15, 0.2) is 11.4 Å². The van der Waals surface area contributed by atoms with Gasteiger partial charge < -0.3 is 19.9 Å². The number of aromatic nitrogens is 1. The van der Waals surface area contributed by atoms with Crippen molar-refractivity contribution >= 4 is 28.3 Å². The van der Waals surface area contributed by atoms with Gasteiger partial charge in [-0.3, -0.25) is 4.79 Å². The van der Waals surface area contributed by atoms with Crippen molar-refractivity contribution in [2.24, 2.45) is 0 Å². The van der Waals surface area contributed by atoms with E-state index < -0.39 is 5.91 Å². The van der Waals surface area contributed by atoms with Gasteiger partial charge in [0.2, 0.25) is 0 Å². The maximum atomic E-state index is 12.1. The number of hydrogen-bond acceptors (Lipinski definition) is 5. The number of rotatable bonds is 6. The normalized spacial score (nSPS) is 11.0. The van der Waals surface area contributed by atoms with Crippen LogP contribution in [-0.4, -0.2) is 42.4 Å². The lowest BCUT2D eigenvalue weighted by Gasteiger charge is -2.13. The fourth-order valence-electron chi connectivity index (χ4n) is 2.09. The monoisotopic (exact) mass is 338 g/mol. The van der Waals surface area contributed by atoms with Gasteiger partial charge in [-0.05, 0) is 32.0 Å². The van der Waals surface area contributed by atoms with Crippen molar-refractivity contribution in [3.05, 3.63) is 29.0 Å². The zero-order valence-electron chi connectivity index (χ0n) is 13.2. The number of benzene rings is 1. The van der Waals surface area contributed by atoms with Gasteiger partial charge >= 0.3 is 0 Å². The van der Waals surface area contributed by atoms with Crippen LogP contribution in [0.4, 0.5) is 0 Å². The second kappa shape index (κ2) is 7.48. The van der Waals surface area contributed by atoms with Gasteiger partial charge in [-0.15, -0.1) is 0 Å². The first-order valence-corrected chi connectivity index (χ1v) is 7.57. The summed E-state index contributed by atoms with van der Waals surface area (Å²) in [6.07, 6.45) is -0.0104. The van der Waals surface area contributed by atoms with Gasteiger partial charge in [-0.25, -0.2) is 4.98 Å². The lowest BCUT2D eigenvalue weighted by atomic mass is 10.1. The van der Waals surface area contributed by atoms with E-state index >= 15 is 0 Å². The lowest BCUT2D eigenvalue weighted by molar-refractivity contribution is 0.0929. The molecule has 0 radical (unpaired) electrons. The van der Waals surface area contributed by atoms with Crippen molar-refractivity contribution in [3.8, 4) is 11.5 Å². The van der Waals surface area contributed by atoms with Crippen LogP contribution in [0, 0.1) is 0 Å². The van der Waals surface area contributed by atoms with E-state index in [1.54, 1.807) is 18.2 Å². The Labute approximate surface area is 139 Å². The smallest absolute Gasteiger partial charge is 0.273 e. The molecule has 0 bridgehead atoms. The summed E-state index contributed by atoms with van der Waals surface area (Å²) in [4.78, 5) is 16.1. The third-order valence-electron chi connectivity index (χ3n) is 3.08. The number of ether oxygens (including phenoxy) is 2. The first kappa shape index (κ1) is 17.3. The van der Waals surface area contributed by atoms with Crippen LogP contribution in [0.1, 0.15) is 24.3 Å². The summed E-state index contributed by atoms with van der Waals surface area (Å²) in [5, 5.41) is 14.1. The molecule has 1 aromatic carbocycles. The Bertz CT molecular complexity index is 719. The van der Waals surface area contributed by atoms with Gasteiger partial charge in [0, 0.05) is 24.4 Å². The maximum Gasteiger partial charge on any atom is 0.273 e. The fraction of sp³-hybridized carbons (Fsp3) is 0.375. The number of pyridine rings is 1. The Kier molecular flexibility index (Phi) is 5.63. The van der Waals surface area contributed by atoms with E-state index in [0.717, 1.165) is 0 Å². The molecule has 2 rings (SSSR count). The van der Waals surface area contributed by atoms with Gasteiger partial charge in [-0.2, -0.15) is 0 Å². The summed E-state index contributed by atoms with van der Waals surface area (Å²) < 4.78 is 10.5. The predicted molar refractivity (Wildman–Crippen MR) is 88.4 cm³/mol. The van der Waals surface area contributed by atoms with E-state index in [4.69, 9.17) is 21.1 Å². The van der Waals surface area contributed by atoms with Crippen LogP contribution < -0.4 is 10.1 Å². The van der Waals surface area contributed by atoms with E-state index in [2.05, 4.69) is 10.3 Å². The molecule has 1 heterocycles. The molecule has 124 valence electrons. The SMILES string of the molecule is COCCNC(=O)c1nc(Cl)c2ccc(OC(C)C)cc2c1O. The summed E-state index contributed by atoms with van der Waals surface area (Å²) in [6, 6.07) is 5.09. The van der Waals surface area contributed by atoms with Crippen LogP contribution in [0.25, 0.3) is 10.8 Å². The van der Waals surface area contributed by atoms with Crippen LogP contribution in [0.2, 0.25) is 5.15 Å². The summed E-state index contributed by atoms with van der Waals surface area (Å²) in [7, 11) is 1.53. The molecule has 0 aliphatic heterocycles. The van der Waals surface area contributed by atoms with Gasteiger partial charge in [0.1, 0.15) is 10.9 Å². The highest BCUT2D eigenvalue weighted by Crippen LogP contribution is 2.34. The second-order valence-corrected chi connectivity index (χ2v) is 5.58. The number of hydrogen-bond donors (Lipinski definition) is 2. The molecule has 0 saturated heterocycles. The first-order valence-electron chi connectivity index (χ1n) is 7.20. The predicted octanol–water partition coefficient (Wildman–Crippen LogP) is 2.76. The highest BCUT2D eigenvalue weighted by Gasteiger charge is 2.19. The Morgan fingerprint density at radius 2 is 2.13 bits per heavy atom.